The van der Waals surface area contributed by atoms with Crippen molar-refractivity contribution in [2.24, 2.45) is 0 Å². The molecule has 18 heavy (non-hydrogen) atoms. The van der Waals surface area contributed by atoms with Crippen LogP contribution < -0.4 is 0 Å². The standard InChI is InChI=1S/C14H17ClFNO/c1-10-4-2-3-7-17(10)14(18)8-11-5-6-12(15)9-13(11)16/h5-6,9-10H,2-4,7-8H2,1H3. The van der Waals surface area contributed by atoms with Gasteiger partial charge >= 0.3 is 0 Å². The Kier molecular flexibility index (Phi) is 4.23. The van der Waals surface area contributed by atoms with Gasteiger partial charge in [-0.05, 0) is 43.9 Å². The summed E-state index contributed by atoms with van der Waals surface area (Å²) >= 11 is 5.69. The van der Waals surface area contributed by atoms with E-state index in [4.69, 9.17) is 11.6 Å². The summed E-state index contributed by atoms with van der Waals surface area (Å²) in [6.45, 7) is 2.84. The van der Waals surface area contributed by atoms with Gasteiger partial charge in [0, 0.05) is 17.6 Å². The first-order valence-corrected chi connectivity index (χ1v) is 6.69. The SMILES string of the molecule is CC1CCCCN1C(=O)Cc1ccc(Cl)cc1F. The van der Waals surface area contributed by atoms with Gasteiger partial charge in [-0.2, -0.15) is 0 Å². The Bertz CT molecular complexity index is 449. The van der Waals surface area contributed by atoms with Crippen molar-refractivity contribution in [1.82, 2.24) is 4.90 Å². The van der Waals surface area contributed by atoms with Crippen LogP contribution in [-0.4, -0.2) is 23.4 Å². The third-order valence-electron chi connectivity index (χ3n) is 3.48. The Hall–Kier alpha value is -1.09. The molecule has 0 spiro atoms. The second kappa shape index (κ2) is 5.70. The molecule has 0 bridgehead atoms. The minimum absolute atomic E-state index is 0.00317. The van der Waals surface area contributed by atoms with Gasteiger partial charge in [0.2, 0.25) is 5.91 Å². The second-order valence-electron chi connectivity index (χ2n) is 4.84. The number of benzene rings is 1. The van der Waals surface area contributed by atoms with E-state index < -0.39 is 5.82 Å². The molecule has 0 radical (unpaired) electrons. The average Bonchev–Trinajstić information content (AvgIpc) is 2.33. The van der Waals surface area contributed by atoms with Crippen molar-refractivity contribution in [2.75, 3.05) is 6.54 Å². The molecular weight excluding hydrogens is 253 g/mol. The molecule has 1 saturated heterocycles. The number of likely N-dealkylation sites (tertiary alicyclic amines) is 1. The number of carbonyl (C=O) groups is 1. The molecule has 0 N–H and O–H groups in total. The highest BCUT2D eigenvalue weighted by Crippen LogP contribution is 2.20. The highest BCUT2D eigenvalue weighted by atomic mass is 35.5. The number of halogens is 2. The zero-order chi connectivity index (χ0) is 13.1. The van der Waals surface area contributed by atoms with Gasteiger partial charge in [0.05, 0.1) is 6.42 Å². The molecule has 1 aromatic rings. The van der Waals surface area contributed by atoms with E-state index in [1.54, 1.807) is 12.1 Å². The Morgan fingerprint density at radius 1 is 1.50 bits per heavy atom. The lowest BCUT2D eigenvalue weighted by Gasteiger charge is -2.33. The van der Waals surface area contributed by atoms with Crippen LogP contribution in [0.3, 0.4) is 0 Å². The van der Waals surface area contributed by atoms with Crippen molar-refractivity contribution < 1.29 is 9.18 Å². The summed E-state index contributed by atoms with van der Waals surface area (Å²) in [5.74, 6) is -0.399. The zero-order valence-corrected chi connectivity index (χ0v) is 11.2. The highest BCUT2D eigenvalue weighted by Gasteiger charge is 2.23. The fraction of sp³-hybridized carbons (Fsp3) is 0.500. The van der Waals surface area contributed by atoms with Crippen LogP contribution in [0.25, 0.3) is 0 Å². The van der Waals surface area contributed by atoms with E-state index in [0.717, 1.165) is 19.4 Å². The van der Waals surface area contributed by atoms with E-state index in [9.17, 15) is 9.18 Å². The number of rotatable bonds is 2. The Labute approximate surface area is 112 Å². The summed E-state index contributed by atoms with van der Waals surface area (Å²) in [5, 5.41) is 0.357. The molecule has 4 heteroatoms. The van der Waals surface area contributed by atoms with Crippen LogP contribution in [-0.2, 0) is 11.2 Å². The first-order chi connectivity index (χ1) is 8.58. The summed E-state index contributed by atoms with van der Waals surface area (Å²) in [5.41, 5.74) is 0.419. The molecular formula is C14H17ClFNO. The maximum atomic E-state index is 13.6. The van der Waals surface area contributed by atoms with Crippen LogP contribution in [0, 0.1) is 5.82 Å². The average molecular weight is 270 g/mol. The van der Waals surface area contributed by atoms with Gasteiger partial charge in [0.1, 0.15) is 5.82 Å². The van der Waals surface area contributed by atoms with Crippen LogP contribution in [0.15, 0.2) is 18.2 Å². The molecule has 2 nitrogen and oxygen atoms in total. The normalized spacial score (nSPS) is 19.9. The topological polar surface area (TPSA) is 20.3 Å². The molecule has 2 rings (SSSR count). The van der Waals surface area contributed by atoms with E-state index in [1.807, 2.05) is 4.90 Å². The molecule has 1 aliphatic heterocycles. The van der Waals surface area contributed by atoms with Gasteiger partial charge in [0.25, 0.3) is 0 Å². The van der Waals surface area contributed by atoms with Crippen molar-refractivity contribution in [1.29, 1.82) is 0 Å². The summed E-state index contributed by atoms with van der Waals surface area (Å²) in [4.78, 5) is 14.0. The predicted octanol–water partition coefficient (Wildman–Crippen LogP) is 3.42. The van der Waals surface area contributed by atoms with Gasteiger partial charge < -0.3 is 4.90 Å². The predicted molar refractivity (Wildman–Crippen MR) is 70.1 cm³/mol. The van der Waals surface area contributed by atoms with Crippen LogP contribution in [0.1, 0.15) is 31.7 Å². The van der Waals surface area contributed by atoms with Gasteiger partial charge in [-0.25, -0.2) is 4.39 Å². The van der Waals surface area contributed by atoms with Crippen LogP contribution >= 0.6 is 11.6 Å². The molecule has 1 heterocycles. The lowest BCUT2D eigenvalue weighted by molar-refractivity contribution is -0.133. The third kappa shape index (κ3) is 3.02. The Balaban J connectivity index is 2.06. The fourth-order valence-electron chi connectivity index (χ4n) is 2.40. The van der Waals surface area contributed by atoms with Crippen molar-refractivity contribution in [3.05, 3.63) is 34.6 Å². The van der Waals surface area contributed by atoms with E-state index in [2.05, 4.69) is 6.92 Å². The van der Waals surface area contributed by atoms with Crippen LogP contribution in [0.2, 0.25) is 5.02 Å². The van der Waals surface area contributed by atoms with Gasteiger partial charge in [-0.1, -0.05) is 17.7 Å². The minimum atomic E-state index is -0.402. The van der Waals surface area contributed by atoms with E-state index in [0.29, 0.717) is 10.6 Å². The first kappa shape index (κ1) is 13.3. The second-order valence-corrected chi connectivity index (χ2v) is 5.28. The number of hydrogen-bond donors (Lipinski definition) is 0. The van der Waals surface area contributed by atoms with Crippen LogP contribution in [0.4, 0.5) is 4.39 Å². The Morgan fingerprint density at radius 2 is 2.28 bits per heavy atom. The van der Waals surface area contributed by atoms with Crippen molar-refractivity contribution in [3.63, 3.8) is 0 Å². The number of hydrogen-bond acceptors (Lipinski definition) is 1. The molecule has 1 fully saturated rings. The molecule has 0 saturated carbocycles. The summed E-state index contributed by atoms with van der Waals surface area (Å²) < 4.78 is 13.6. The van der Waals surface area contributed by atoms with Crippen molar-refractivity contribution in [3.8, 4) is 0 Å². The summed E-state index contributed by atoms with van der Waals surface area (Å²) in [6, 6.07) is 4.72. The van der Waals surface area contributed by atoms with Crippen molar-refractivity contribution in [2.45, 2.75) is 38.6 Å². The van der Waals surface area contributed by atoms with Gasteiger partial charge in [-0.15, -0.1) is 0 Å². The number of amides is 1. The molecule has 1 amide bonds. The molecule has 0 aliphatic carbocycles. The summed E-state index contributed by atoms with van der Waals surface area (Å²) in [7, 11) is 0. The maximum Gasteiger partial charge on any atom is 0.227 e. The van der Waals surface area contributed by atoms with Gasteiger partial charge in [-0.3, -0.25) is 4.79 Å². The first-order valence-electron chi connectivity index (χ1n) is 6.31. The maximum absolute atomic E-state index is 13.6. The summed E-state index contributed by atoms with van der Waals surface area (Å²) in [6.07, 6.45) is 3.36. The third-order valence-corrected chi connectivity index (χ3v) is 3.72. The number of nitrogens with zero attached hydrogens (tertiary/aromatic N) is 1. The molecule has 0 aromatic heterocycles. The quantitative estimate of drug-likeness (QED) is 0.806. The largest absolute Gasteiger partial charge is 0.340 e. The lowest BCUT2D eigenvalue weighted by atomic mass is 10.0. The molecule has 1 atom stereocenters. The van der Waals surface area contributed by atoms with E-state index >= 15 is 0 Å². The number of carbonyl (C=O) groups excluding carboxylic acids is 1. The van der Waals surface area contributed by atoms with E-state index in [1.165, 1.54) is 12.5 Å². The van der Waals surface area contributed by atoms with Crippen molar-refractivity contribution >= 4 is 17.5 Å². The number of piperidine rings is 1. The smallest absolute Gasteiger partial charge is 0.227 e. The molecule has 98 valence electrons. The zero-order valence-electron chi connectivity index (χ0n) is 10.5. The minimum Gasteiger partial charge on any atom is -0.340 e. The van der Waals surface area contributed by atoms with Gasteiger partial charge in [0.15, 0.2) is 0 Å². The monoisotopic (exact) mass is 269 g/mol. The Morgan fingerprint density at radius 3 is 2.94 bits per heavy atom. The molecule has 1 unspecified atom stereocenters. The lowest BCUT2D eigenvalue weighted by Crippen LogP contribution is -2.42. The molecule has 1 aromatic carbocycles. The van der Waals surface area contributed by atoms with Crippen LogP contribution in [0.5, 0.6) is 0 Å². The van der Waals surface area contributed by atoms with E-state index in [-0.39, 0.29) is 18.4 Å². The fourth-order valence-corrected chi connectivity index (χ4v) is 2.56. The highest BCUT2D eigenvalue weighted by molar-refractivity contribution is 6.30. The molecule has 1 aliphatic rings.